The fraction of sp³-hybridized carbons (Fsp3) is 0.111. The molecule has 0 fully saturated rings. The molecule has 0 spiro atoms. The number of amides is 1. The molecule has 1 N–H and O–H groups in total. The summed E-state index contributed by atoms with van der Waals surface area (Å²) in [6.07, 6.45) is 1.13. The molecule has 0 saturated heterocycles. The van der Waals surface area contributed by atoms with Crippen LogP contribution in [-0.2, 0) is 14.3 Å². The molecule has 0 unspecified atom stereocenters. The lowest BCUT2D eigenvalue weighted by molar-refractivity contribution is -0.148. The van der Waals surface area contributed by atoms with Crippen molar-refractivity contribution in [1.29, 1.82) is 0 Å². The van der Waals surface area contributed by atoms with Crippen LogP contribution >= 0.6 is 23.2 Å². The summed E-state index contributed by atoms with van der Waals surface area (Å²) in [6.45, 7) is 1.41. The first kappa shape index (κ1) is 19.0. The average Bonchev–Trinajstić information content (AvgIpc) is 2.56. The Bertz CT molecular complexity index is 803. The predicted octanol–water partition coefficient (Wildman–Crippen LogP) is 4.72. The first-order valence-electron chi connectivity index (χ1n) is 7.26. The van der Waals surface area contributed by atoms with Gasteiger partial charge in [0.2, 0.25) is 0 Å². The SMILES string of the molecule is C[C@@H](OC(=O)/C=C/c1c(F)cccc1Cl)C(=O)Nc1ccccc1Cl. The van der Waals surface area contributed by atoms with Crippen LogP contribution in [0.1, 0.15) is 12.5 Å². The summed E-state index contributed by atoms with van der Waals surface area (Å²) >= 11 is 11.8. The van der Waals surface area contributed by atoms with Crippen molar-refractivity contribution >= 4 is 46.8 Å². The van der Waals surface area contributed by atoms with E-state index in [2.05, 4.69) is 5.32 Å². The molecule has 1 amide bonds. The van der Waals surface area contributed by atoms with Crippen LogP contribution in [0.15, 0.2) is 48.5 Å². The average molecular weight is 382 g/mol. The van der Waals surface area contributed by atoms with E-state index in [1.54, 1.807) is 24.3 Å². The molecule has 0 saturated carbocycles. The molecule has 7 heteroatoms. The first-order chi connectivity index (χ1) is 11.9. The second kappa shape index (κ2) is 8.65. The fourth-order valence-electron chi connectivity index (χ4n) is 1.89. The second-order valence-corrected chi connectivity index (χ2v) is 5.83. The normalized spacial score (nSPS) is 12.0. The number of esters is 1. The van der Waals surface area contributed by atoms with Gasteiger partial charge in [-0.15, -0.1) is 0 Å². The Morgan fingerprint density at radius 3 is 2.48 bits per heavy atom. The van der Waals surface area contributed by atoms with E-state index in [9.17, 15) is 14.0 Å². The Kier molecular flexibility index (Phi) is 6.56. The van der Waals surface area contributed by atoms with Gasteiger partial charge < -0.3 is 10.1 Å². The number of rotatable bonds is 5. The molecule has 25 heavy (non-hydrogen) atoms. The molecule has 4 nitrogen and oxygen atoms in total. The van der Waals surface area contributed by atoms with Crippen LogP contribution in [0, 0.1) is 5.82 Å². The van der Waals surface area contributed by atoms with Crippen LogP contribution in [0.3, 0.4) is 0 Å². The summed E-state index contributed by atoms with van der Waals surface area (Å²) in [5, 5.41) is 3.08. The van der Waals surface area contributed by atoms with Crippen molar-refractivity contribution in [2.24, 2.45) is 0 Å². The van der Waals surface area contributed by atoms with E-state index in [0.29, 0.717) is 10.7 Å². The third-order valence-corrected chi connectivity index (χ3v) is 3.84. The number of hydrogen-bond acceptors (Lipinski definition) is 3. The van der Waals surface area contributed by atoms with E-state index in [1.807, 2.05) is 0 Å². The molecule has 0 heterocycles. The number of ether oxygens (including phenoxy) is 1. The number of anilines is 1. The smallest absolute Gasteiger partial charge is 0.331 e. The van der Waals surface area contributed by atoms with Gasteiger partial charge >= 0.3 is 5.97 Å². The minimum Gasteiger partial charge on any atom is -0.449 e. The Labute approximate surface area is 154 Å². The standard InChI is InChI=1S/C18H14Cl2FNO3/c1-11(18(24)22-16-8-3-2-5-14(16)20)25-17(23)10-9-12-13(19)6-4-7-15(12)21/h2-11H,1H3,(H,22,24)/b10-9+/t11-/m1/s1. The molecule has 0 bridgehead atoms. The van der Waals surface area contributed by atoms with Crippen LogP contribution in [-0.4, -0.2) is 18.0 Å². The Morgan fingerprint density at radius 2 is 1.80 bits per heavy atom. The van der Waals surface area contributed by atoms with E-state index in [0.717, 1.165) is 6.08 Å². The number of benzene rings is 2. The maximum Gasteiger partial charge on any atom is 0.331 e. The van der Waals surface area contributed by atoms with Crippen molar-refractivity contribution in [3.8, 4) is 0 Å². The van der Waals surface area contributed by atoms with Crippen LogP contribution in [0.25, 0.3) is 6.08 Å². The number of nitrogens with one attached hydrogen (secondary N) is 1. The molecule has 2 rings (SSSR count). The summed E-state index contributed by atoms with van der Waals surface area (Å²) in [7, 11) is 0. The highest BCUT2D eigenvalue weighted by atomic mass is 35.5. The van der Waals surface area contributed by atoms with Gasteiger partial charge in [0.15, 0.2) is 6.10 Å². The van der Waals surface area contributed by atoms with Crippen molar-refractivity contribution < 1.29 is 18.7 Å². The highest BCUT2D eigenvalue weighted by molar-refractivity contribution is 6.33. The molecule has 0 aliphatic carbocycles. The minimum absolute atomic E-state index is 0.0642. The Balaban J connectivity index is 1.97. The zero-order chi connectivity index (χ0) is 18.4. The molecule has 0 radical (unpaired) electrons. The predicted molar refractivity (Wildman–Crippen MR) is 96.1 cm³/mol. The van der Waals surface area contributed by atoms with E-state index in [-0.39, 0.29) is 10.6 Å². The quantitative estimate of drug-likeness (QED) is 0.602. The number of hydrogen-bond donors (Lipinski definition) is 1. The number of para-hydroxylation sites is 1. The van der Waals surface area contributed by atoms with E-state index < -0.39 is 23.8 Å². The van der Waals surface area contributed by atoms with Crippen molar-refractivity contribution in [1.82, 2.24) is 0 Å². The molecule has 0 aromatic heterocycles. The van der Waals surface area contributed by atoms with Crippen LogP contribution in [0.5, 0.6) is 0 Å². The molecular weight excluding hydrogens is 368 g/mol. The van der Waals surface area contributed by atoms with Crippen LogP contribution < -0.4 is 5.32 Å². The third-order valence-electron chi connectivity index (χ3n) is 3.18. The lowest BCUT2D eigenvalue weighted by Gasteiger charge is -2.13. The monoisotopic (exact) mass is 381 g/mol. The van der Waals surface area contributed by atoms with Crippen molar-refractivity contribution in [2.75, 3.05) is 5.32 Å². The summed E-state index contributed by atoms with van der Waals surface area (Å²) < 4.78 is 18.6. The highest BCUT2D eigenvalue weighted by Gasteiger charge is 2.17. The molecule has 0 aliphatic heterocycles. The molecular formula is C18H14Cl2FNO3. The number of carbonyl (C=O) groups is 2. The largest absolute Gasteiger partial charge is 0.449 e. The van der Waals surface area contributed by atoms with E-state index in [4.69, 9.17) is 27.9 Å². The van der Waals surface area contributed by atoms with Crippen LogP contribution in [0.2, 0.25) is 10.0 Å². The first-order valence-corrected chi connectivity index (χ1v) is 8.02. The summed E-state index contributed by atoms with van der Waals surface area (Å²) in [6, 6.07) is 10.8. The van der Waals surface area contributed by atoms with Gasteiger partial charge in [-0.1, -0.05) is 41.4 Å². The van der Waals surface area contributed by atoms with Gasteiger partial charge in [-0.2, -0.15) is 0 Å². The topological polar surface area (TPSA) is 55.4 Å². The number of halogens is 3. The highest BCUT2D eigenvalue weighted by Crippen LogP contribution is 2.21. The Morgan fingerprint density at radius 1 is 1.12 bits per heavy atom. The van der Waals surface area contributed by atoms with Gasteiger partial charge in [0.25, 0.3) is 5.91 Å². The van der Waals surface area contributed by atoms with Crippen molar-refractivity contribution in [2.45, 2.75) is 13.0 Å². The third kappa shape index (κ3) is 5.31. The molecule has 2 aromatic carbocycles. The van der Waals surface area contributed by atoms with E-state index >= 15 is 0 Å². The maximum absolute atomic E-state index is 13.6. The fourth-order valence-corrected chi connectivity index (χ4v) is 2.29. The summed E-state index contributed by atoms with van der Waals surface area (Å²) in [5.41, 5.74) is 0.472. The summed E-state index contributed by atoms with van der Waals surface area (Å²) in [4.78, 5) is 23.8. The van der Waals surface area contributed by atoms with Gasteiger partial charge in [0.05, 0.1) is 15.7 Å². The van der Waals surface area contributed by atoms with Crippen LogP contribution in [0.4, 0.5) is 10.1 Å². The summed E-state index contributed by atoms with van der Waals surface area (Å²) in [5.74, 6) is -1.92. The molecule has 130 valence electrons. The lowest BCUT2D eigenvalue weighted by Crippen LogP contribution is -2.29. The molecule has 0 aliphatic rings. The van der Waals surface area contributed by atoms with Gasteiger partial charge in [0, 0.05) is 11.6 Å². The van der Waals surface area contributed by atoms with Crippen molar-refractivity contribution in [3.05, 3.63) is 70.0 Å². The molecule has 2 aromatic rings. The molecule has 1 atom stereocenters. The zero-order valence-electron chi connectivity index (χ0n) is 13.1. The van der Waals surface area contributed by atoms with Gasteiger partial charge in [-0.3, -0.25) is 4.79 Å². The minimum atomic E-state index is -1.07. The van der Waals surface area contributed by atoms with Gasteiger partial charge in [0.1, 0.15) is 5.82 Å². The van der Waals surface area contributed by atoms with Crippen molar-refractivity contribution in [3.63, 3.8) is 0 Å². The maximum atomic E-state index is 13.6. The Hall–Kier alpha value is -2.37. The number of carbonyl (C=O) groups excluding carboxylic acids is 2. The lowest BCUT2D eigenvalue weighted by atomic mass is 10.2. The van der Waals surface area contributed by atoms with Gasteiger partial charge in [-0.25, -0.2) is 9.18 Å². The second-order valence-electron chi connectivity index (χ2n) is 5.02. The zero-order valence-corrected chi connectivity index (χ0v) is 14.6. The van der Waals surface area contributed by atoms with E-state index in [1.165, 1.54) is 31.2 Å². The van der Waals surface area contributed by atoms with Gasteiger partial charge in [-0.05, 0) is 37.3 Å².